The molecule has 0 spiro atoms. The SMILES string of the molecule is CC(C)(C)CC(C)(C)NC(=O)c1cnc(-c2ccccc2)c(-c2ccccc2)n1. The number of amides is 1. The molecule has 3 aromatic rings. The van der Waals surface area contributed by atoms with Gasteiger partial charge in [-0.25, -0.2) is 4.98 Å². The van der Waals surface area contributed by atoms with Gasteiger partial charge in [-0.1, -0.05) is 81.4 Å². The first kappa shape index (κ1) is 20.7. The Balaban J connectivity index is 1.98. The second-order valence-corrected chi connectivity index (χ2v) is 9.26. The van der Waals surface area contributed by atoms with Crippen LogP contribution in [0.4, 0.5) is 0 Å². The number of benzene rings is 2. The van der Waals surface area contributed by atoms with Gasteiger partial charge in [-0.3, -0.25) is 9.78 Å². The van der Waals surface area contributed by atoms with Gasteiger partial charge in [0.2, 0.25) is 0 Å². The Morgan fingerprint density at radius 3 is 1.86 bits per heavy atom. The van der Waals surface area contributed by atoms with Crippen LogP contribution < -0.4 is 5.32 Å². The van der Waals surface area contributed by atoms with Crippen molar-refractivity contribution in [2.45, 2.75) is 46.6 Å². The highest BCUT2D eigenvalue weighted by Crippen LogP contribution is 2.29. The molecule has 29 heavy (non-hydrogen) atoms. The minimum Gasteiger partial charge on any atom is -0.346 e. The fourth-order valence-electron chi connectivity index (χ4n) is 3.84. The molecule has 1 amide bonds. The van der Waals surface area contributed by atoms with Crippen molar-refractivity contribution in [3.05, 3.63) is 72.6 Å². The minimum absolute atomic E-state index is 0.106. The van der Waals surface area contributed by atoms with Crippen LogP contribution in [0.25, 0.3) is 22.5 Å². The van der Waals surface area contributed by atoms with Crippen LogP contribution in [-0.2, 0) is 0 Å². The third kappa shape index (κ3) is 5.50. The standard InChI is InChI=1S/C25H29N3O/c1-24(2,3)17-25(4,5)28-23(29)20-16-26-21(18-12-8-6-9-13-18)22(27-20)19-14-10-7-11-15-19/h6-16H,17H2,1-5H3,(H,28,29). The van der Waals surface area contributed by atoms with Crippen LogP contribution in [0.3, 0.4) is 0 Å². The molecule has 2 aromatic carbocycles. The highest BCUT2D eigenvalue weighted by molar-refractivity contribution is 5.94. The summed E-state index contributed by atoms with van der Waals surface area (Å²) in [5.41, 5.74) is 3.46. The third-order valence-corrected chi connectivity index (χ3v) is 4.52. The molecular weight excluding hydrogens is 358 g/mol. The smallest absolute Gasteiger partial charge is 0.271 e. The van der Waals surface area contributed by atoms with Crippen LogP contribution in [0.1, 0.15) is 51.5 Å². The molecule has 150 valence electrons. The molecular formula is C25H29N3O. The largest absolute Gasteiger partial charge is 0.346 e. The summed E-state index contributed by atoms with van der Waals surface area (Å²) in [5, 5.41) is 3.13. The molecule has 0 fully saturated rings. The van der Waals surface area contributed by atoms with E-state index in [2.05, 4.69) is 31.1 Å². The molecule has 1 heterocycles. The van der Waals surface area contributed by atoms with E-state index in [0.717, 1.165) is 23.2 Å². The zero-order valence-electron chi connectivity index (χ0n) is 17.9. The van der Waals surface area contributed by atoms with E-state index < -0.39 is 0 Å². The van der Waals surface area contributed by atoms with Crippen molar-refractivity contribution < 1.29 is 4.79 Å². The number of rotatable bonds is 5. The summed E-state index contributed by atoms with van der Waals surface area (Å²) in [6.45, 7) is 10.6. The van der Waals surface area contributed by atoms with Crippen LogP contribution in [0, 0.1) is 5.41 Å². The summed E-state index contributed by atoms with van der Waals surface area (Å²) in [6.07, 6.45) is 2.42. The van der Waals surface area contributed by atoms with E-state index in [-0.39, 0.29) is 16.9 Å². The molecule has 0 aliphatic carbocycles. The van der Waals surface area contributed by atoms with Crippen LogP contribution >= 0.6 is 0 Å². The Bertz CT molecular complexity index is 974. The normalized spacial score (nSPS) is 11.9. The lowest BCUT2D eigenvalue weighted by molar-refractivity contribution is 0.0886. The van der Waals surface area contributed by atoms with Gasteiger partial charge >= 0.3 is 0 Å². The molecule has 0 aliphatic rings. The molecule has 1 N–H and O–H groups in total. The van der Waals surface area contributed by atoms with E-state index in [1.807, 2.05) is 74.5 Å². The zero-order valence-corrected chi connectivity index (χ0v) is 17.9. The first-order chi connectivity index (χ1) is 13.6. The maximum absolute atomic E-state index is 13.0. The zero-order chi connectivity index (χ0) is 21.1. The Hall–Kier alpha value is -3.01. The summed E-state index contributed by atoms with van der Waals surface area (Å²) in [4.78, 5) is 22.3. The monoisotopic (exact) mass is 387 g/mol. The summed E-state index contributed by atoms with van der Waals surface area (Å²) in [7, 11) is 0. The lowest BCUT2D eigenvalue weighted by Gasteiger charge is -2.33. The molecule has 3 rings (SSSR count). The van der Waals surface area contributed by atoms with Crippen molar-refractivity contribution >= 4 is 5.91 Å². The number of nitrogens with zero attached hydrogens (tertiary/aromatic N) is 2. The number of carbonyl (C=O) groups is 1. The predicted octanol–water partition coefficient (Wildman–Crippen LogP) is 5.76. The van der Waals surface area contributed by atoms with E-state index >= 15 is 0 Å². The average Bonchev–Trinajstić information content (AvgIpc) is 2.66. The fraction of sp³-hybridized carbons (Fsp3) is 0.320. The van der Waals surface area contributed by atoms with E-state index in [9.17, 15) is 4.79 Å². The minimum atomic E-state index is -0.345. The lowest BCUT2D eigenvalue weighted by Crippen LogP contribution is -2.46. The summed E-state index contributed by atoms with van der Waals surface area (Å²) >= 11 is 0. The first-order valence-corrected chi connectivity index (χ1v) is 9.95. The van der Waals surface area contributed by atoms with Gasteiger partial charge in [0.25, 0.3) is 5.91 Å². The van der Waals surface area contributed by atoms with Crippen LogP contribution in [0.15, 0.2) is 66.9 Å². The second kappa shape index (κ2) is 8.16. The molecule has 0 atom stereocenters. The molecule has 0 saturated heterocycles. The van der Waals surface area contributed by atoms with Crippen molar-refractivity contribution in [3.8, 4) is 22.5 Å². The number of carbonyl (C=O) groups excluding carboxylic acids is 1. The van der Waals surface area contributed by atoms with Gasteiger partial charge in [-0.15, -0.1) is 0 Å². The van der Waals surface area contributed by atoms with Crippen LogP contribution in [0.5, 0.6) is 0 Å². The maximum Gasteiger partial charge on any atom is 0.271 e. The Labute approximate surface area is 173 Å². The van der Waals surface area contributed by atoms with Crippen molar-refractivity contribution in [1.29, 1.82) is 0 Å². The van der Waals surface area contributed by atoms with Gasteiger partial charge in [0, 0.05) is 16.7 Å². The second-order valence-electron chi connectivity index (χ2n) is 9.26. The van der Waals surface area contributed by atoms with Gasteiger partial charge in [0.15, 0.2) is 0 Å². The highest BCUT2D eigenvalue weighted by atomic mass is 16.2. The number of hydrogen-bond acceptors (Lipinski definition) is 3. The molecule has 0 saturated carbocycles. The predicted molar refractivity (Wildman–Crippen MR) is 119 cm³/mol. The Kier molecular flexibility index (Phi) is 5.83. The number of hydrogen-bond donors (Lipinski definition) is 1. The highest BCUT2D eigenvalue weighted by Gasteiger charge is 2.28. The maximum atomic E-state index is 13.0. The molecule has 0 bridgehead atoms. The van der Waals surface area contributed by atoms with Crippen molar-refractivity contribution in [3.63, 3.8) is 0 Å². The topological polar surface area (TPSA) is 54.9 Å². The quantitative estimate of drug-likeness (QED) is 0.606. The van der Waals surface area contributed by atoms with Gasteiger partial charge in [-0.05, 0) is 25.7 Å². The number of nitrogens with one attached hydrogen (secondary N) is 1. The molecule has 4 nitrogen and oxygen atoms in total. The number of aromatic nitrogens is 2. The summed E-state index contributed by atoms with van der Waals surface area (Å²) < 4.78 is 0. The molecule has 0 radical (unpaired) electrons. The van der Waals surface area contributed by atoms with Crippen molar-refractivity contribution in [2.24, 2.45) is 5.41 Å². The molecule has 0 aliphatic heterocycles. The van der Waals surface area contributed by atoms with E-state index in [4.69, 9.17) is 4.98 Å². The van der Waals surface area contributed by atoms with E-state index in [1.165, 1.54) is 0 Å². The Morgan fingerprint density at radius 2 is 1.34 bits per heavy atom. The average molecular weight is 388 g/mol. The first-order valence-electron chi connectivity index (χ1n) is 9.95. The summed E-state index contributed by atoms with van der Waals surface area (Å²) in [6, 6.07) is 19.8. The Morgan fingerprint density at radius 1 is 0.828 bits per heavy atom. The molecule has 4 heteroatoms. The van der Waals surface area contributed by atoms with Crippen molar-refractivity contribution in [2.75, 3.05) is 0 Å². The lowest BCUT2D eigenvalue weighted by atomic mass is 9.82. The van der Waals surface area contributed by atoms with E-state index in [0.29, 0.717) is 11.4 Å². The van der Waals surface area contributed by atoms with Gasteiger partial charge in [-0.2, -0.15) is 0 Å². The van der Waals surface area contributed by atoms with Crippen LogP contribution in [-0.4, -0.2) is 21.4 Å². The van der Waals surface area contributed by atoms with Crippen molar-refractivity contribution in [1.82, 2.24) is 15.3 Å². The van der Waals surface area contributed by atoms with Crippen LogP contribution in [0.2, 0.25) is 0 Å². The van der Waals surface area contributed by atoms with Gasteiger partial charge < -0.3 is 5.32 Å². The van der Waals surface area contributed by atoms with Gasteiger partial charge in [0.05, 0.1) is 17.6 Å². The van der Waals surface area contributed by atoms with E-state index in [1.54, 1.807) is 6.20 Å². The summed E-state index contributed by atoms with van der Waals surface area (Å²) in [5.74, 6) is -0.205. The van der Waals surface area contributed by atoms with Gasteiger partial charge in [0.1, 0.15) is 5.69 Å². The fourth-order valence-corrected chi connectivity index (χ4v) is 3.84. The third-order valence-electron chi connectivity index (χ3n) is 4.52. The molecule has 0 unspecified atom stereocenters. The molecule has 1 aromatic heterocycles.